The third kappa shape index (κ3) is 4.25. The van der Waals surface area contributed by atoms with E-state index in [9.17, 15) is 9.59 Å². The number of hydrogen-bond acceptors (Lipinski definition) is 7. The summed E-state index contributed by atoms with van der Waals surface area (Å²) in [5.41, 5.74) is 8.64. The smallest absolute Gasteiger partial charge is 0.292 e. The van der Waals surface area contributed by atoms with Crippen molar-refractivity contribution < 1.29 is 22.9 Å². The zero-order valence-electron chi connectivity index (χ0n) is 20.1. The van der Waals surface area contributed by atoms with Gasteiger partial charge in [-0.2, -0.15) is 5.10 Å². The Hall–Kier alpha value is -4.14. The highest BCUT2D eigenvalue weighted by Gasteiger charge is 2.28. The van der Waals surface area contributed by atoms with E-state index in [1.165, 1.54) is 0 Å². The van der Waals surface area contributed by atoms with Crippen LogP contribution in [0.25, 0.3) is 11.0 Å². The van der Waals surface area contributed by atoms with E-state index in [0.717, 1.165) is 39.6 Å². The minimum absolute atomic E-state index is 0.147. The van der Waals surface area contributed by atoms with Gasteiger partial charge in [0.25, 0.3) is 5.91 Å². The van der Waals surface area contributed by atoms with Gasteiger partial charge >= 0.3 is 0 Å². The van der Waals surface area contributed by atoms with Crippen molar-refractivity contribution in [1.29, 1.82) is 0 Å². The number of carbonyl (C=O) groups is 2. The number of aryl methyl sites for hydroxylation is 4. The van der Waals surface area contributed by atoms with Crippen LogP contribution in [0.4, 0.5) is 5.82 Å². The van der Waals surface area contributed by atoms with Gasteiger partial charge in [0, 0.05) is 34.6 Å². The van der Waals surface area contributed by atoms with Crippen LogP contribution >= 0.6 is 0 Å². The molecule has 1 aliphatic rings. The first kappa shape index (κ1) is 22.6. The number of aromatic nitrogens is 1. The summed E-state index contributed by atoms with van der Waals surface area (Å²) >= 11 is 0. The normalized spacial score (nSPS) is 14.3. The van der Waals surface area contributed by atoms with Crippen molar-refractivity contribution in [1.82, 2.24) is 10.6 Å². The number of amides is 2. The summed E-state index contributed by atoms with van der Waals surface area (Å²) in [7, 11) is 0. The highest BCUT2D eigenvalue weighted by atomic mass is 16.5. The van der Waals surface area contributed by atoms with Crippen LogP contribution < -0.4 is 10.7 Å². The third-order valence-electron chi connectivity index (χ3n) is 6.41. The molecule has 4 aromatic rings. The van der Waals surface area contributed by atoms with Gasteiger partial charge < -0.3 is 18.7 Å². The van der Waals surface area contributed by atoms with Crippen molar-refractivity contribution in [3.05, 3.63) is 69.6 Å². The van der Waals surface area contributed by atoms with Gasteiger partial charge in [-0.1, -0.05) is 17.3 Å². The fourth-order valence-electron chi connectivity index (χ4n) is 4.46. The standard InChI is InChI=1S/C26H26N4O5/c1-13-8-9-18-17(12-33-24(18)15(13)3)11-22(31)29-28-19-6-5-7-20-23(19)16(4)25(34-20)26(32)27-21-10-14(2)35-30-21/h8-10,12H,5-7,11H2,1-4H3,(H,29,31)(H,27,30,32)/b28-19+. The topological polar surface area (TPSA) is 123 Å². The van der Waals surface area contributed by atoms with Gasteiger partial charge in [0.05, 0.1) is 18.4 Å². The molecule has 35 heavy (non-hydrogen) atoms. The molecule has 3 heterocycles. The zero-order valence-corrected chi connectivity index (χ0v) is 20.1. The zero-order chi connectivity index (χ0) is 24.7. The Balaban J connectivity index is 1.33. The highest BCUT2D eigenvalue weighted by molar-refractivity contribution is 6.09. The van der Waals surface area contributed by atoms with Gasteiger partial charge in [0.2, 0.25) is 5.91 Å². The van der Waals surface area contributed by atoms with Crippen LogP contribution in [0.1, 0.15) is 62.7 Å². The molecule has 0 fully saturated rings. The summed E-state index contributed by atoms with van der Waals surface area (Å²) in [4.78, 5) is 25.5. The summed E-state index contributed by atoms with van der Waals surface area (Å²) < 4.78 is 16.6. The number of fused-ring (bicyclic) bond motifs is 2. The lowest BCUT2D eigenvalue weighted by Crippen LogP contribution is -2.23. The second kappa shape index (κ2) is 8.90. The maximum absolute atomic E-state index is 12.8. The number of furan rings is 2. The van der Waals surface area contributed by atoms with Crippen LogP contribution in [0.2, 0.25) is 0 Å². The first-order valence-corrected chi connectivity index (χ1v) is 11.5. The van der Waals surface area contributed by atoms with E-state index >= 15 is 0 Å². The van der Waals surface area contributed by atoms with Gasteiger partial charge in [0.15, 0.2) is 11.6 Å². The Labute approximate surface area is 201 Å². The van der Waals surface area contributed by atoms with Crippen LogP contribution in [0, 0.1) is 27.7 Å². The van der Waals surface area contributed by atoms with E-state index < -0.39 is 5.91 Å². The molecule has 1 aromatic carbocycles. The first-order valence-electron chi connectivity index (χ1n) is 11.5. The second-order valence-corrected chi connectivity index (χ2v) is 8.90. The molecule has 0 aliphatic heterocycles. The number of hydrogen-bond donors (Lipinski definition) is 2. The second-order valence-electron chi connectivity index (χ2n) is 8.90. The molecule has 0 atom stereocenters. The van der Waals surface area contributed by atoms with Crippen LogP contribution in [-0.4, -0.2) is 22.7 Å². The van der Waals surface area contributed by atoms with Crippen LogP contribution in [-0.2, 0) is 17.6 Å². The fourth-order valence-corrected chi connectivity index (χ4v) is 4.46. The Morgan fingerprint density at radius 1 is 1.11 bits per heavy atom. The number of anilines is 1. The van der Waals surface area contributed by atoms with E-state index in [-0.39, 0.29) is 18.1 Å². The molecule has 0 saturated carbocycles. The quantitative estimate of drug-likeness (QED) is 0.397. The monoisotopic (exact) mass is 474 g/mol. The Bertz CT molecular complexity index is 1490. The average Bonchev–Trinajstić information content (AvgIpc) is 3.53. The molecule has 5 rings (SSSR count). The van der Waals surface area contributed by atoms with Gasteiger partial charge in [-0.25, -0.2) is 5.43 Å². The molecule has 0 bridgehead atoms. The van der Waals surface area contributed by atoms with E-state index in [4.69, 9.17) is 13.4 Å². The minimum atomic E-state index is -0.411. The fraction of sp³-hybridized carbons (Fsp3) is 0.308. The minimum Gasteiger partial charge on any atom is -0.464 e. The molecule has 2 amide bonds. The predicted octanol–water partition coefficient (Wildman–Crippen LogP) is 4.90. The summed E-state index contributed by atoms with van der Waals surface area (Å²) in [6.07, 6.45) is 3.95. The summed E-state index contributed by atoms with van der Waals surface area (Å²) in [6.45, 7) is 7.59. The molecule has 1 aliphatic carbocycles. The van der Waals surface area contributed by atoms with E-state index in [0.29, 0.717) is 41.5 Å². The lowest BCUT2D eigenvalue weighted by Gasteiger charge is -2.13. The van der Waals surface area contributed by atoms with Gasteiger partial charge in [-0.05, 0) is 51.7 Å². The van der Waals surface area contributed by atoms with Crippen LogP contribution in [0.3, 0.4) is 0 Å². The molecule has 0 spiro atoms. The maximum Gasteiger partial charge on any atom is 0.292 e. The number of carbonyl (C=O) groups excluding carboxylic acids is 2. The van der Waals surface area contributed by atoms with Crippen LogP contribution in [0.5, 0.6) is 0 Å². The molecule has 0 radical (unpaired) electrons. The van der Waals surface area contributed by atoms with Crippen molar-refractivity contribution in [3.8, 4) is 0 Å². The summed E-state index contributed by atoms with van der Waals surface area (Å²) in [5, 5.41) is 11.8. The summed E-state index contributed by atoms with van der Waals surface area (Å²) in [5.74, 6) is 1.15. The molecule has 9 nitrogen and oxygen atoms in total. The summed E-state index contributed by atoms with van der Waals surface area (Å²) in [6, 6.07) is 5.63. The molecule has 2 N–H and O–H groups in total. The predicted molar refractivity (Wildman–Crippen MR) is 130 cm³/mol. The number of nitrogens with one attached hydrogen (secondary N) is 2. The van der Waals surface area contributed by atoms with Gasteiger partial charge in [0.1, 0.15) is 17.1 Å². The van der Waals surface area contributed by atoms with Gasteiger partial charge in [-0.15, -0.1) is 0 Å². The lowest BCUT2D eigenvalue weighted by molar-refractivity contribution is -0.120. The number of benzene rings is 1. The molecular formula is C26H26N4O5. The third-order valence-corrected chi connectivity index (χ3v) is 6.41. The number of nitrogens with zero attached hydrogens (tertiary/aromatic N) is 2. The van der Waals surface area contributed by atoms with Crippen molar-refractivity contribution in [2.24, 2.45) is 5.10 Å². The Kier molecular flexibility index (Phi) is 5.76. The highest BCUT2D eigenvalue weighted by Crippen LogP contribution is 2.30. The molecule has 9 heteroatoms. The first-order chi connectivity index (χ1) is 16.8. The van der Waals surface area contributed by atoms with Crippen molar-refractivity contribution in [2.75, 3.05) is 5.32 Å². The molecular weight excluding hydrogens is 448 g/mol. The largest absolute Gasteiger partial charge is 0.464 e. The molecule has 180 valence electrons. The molecule has 0 saturated heterocycles. The molecule has 0 unspecified atom stereocenters. The number of rotatable bonds is 5. The average molecular weight is 475 g/mol. The van der Waals surface area contributed by atoms with Gasteiger partial charge in [-0.3, -0.25) is 9.59 Å². The lowest BCUT2D eigenvalue weighted by atomic mass is 9.93. The van der Waals surface area contributed by atoms with Crippen molar-refractivity contribution in [2.45, 2.75) is 53.4 Å². The molecule has 3 aromatic heterocycles. The SMILES string of the molecule is Cc1cc(NC(=O)c2oc3c(c2C)/C(=N/NC(=O)Cc2coc4c(C)c(C)ccc24)CCC3)no1. The van der Waals surface area contributed by atoms with Crippen molar-refractivity contribution in [3.63, 3.8) is 0 Å². The number of hydrazone groups is 1. The van der Waals surface area contributed by atoms with Crippen molar-refractivity contribution >= 4 is 34.3 Å². The van der Waals surface area contributed by atoms with E-state index in [2.05, 4.69) is 21.0 Å². The van der Waals surface area contributed by atoms with E-state index in [1.807, 2.05) is 32.9 Å². The Morgan fingerprint density at radius 2 is 1.94 bits per heavy atom. The van der Waals surface area contributed by atoms with E-state index in [1.54, 1.807) is 19.3 Å². The van der Waals surface area contributed by atoms with Crippen LogP contribution in [0.15, 0.2) is 42.9 Å². The Morgan fingerprint density at radius 3 is 2.71 bits per heavy atom. The maximum atomic E-state index is 12.8.